The van der Waals surface area contributed by atoms with Crippen LogP contribution in [0.2, 0.25) is 0 Å². The number of nitrogens with one attached hydrogen (secondary N) is 1. The molecule has 0 atom stereocenters. The van der Waals surface area contributed by atoms with Crippen LogP contribution in [0.3, 0.4) is 0 Å². The van der Waals surface area contributed by atoms with E-state index in [2.05, 4.69) is 24.8 Å². The molecule has 3 aromatic heterocycles. The highest BCUT2D eigenvalue weighted by Gasteiger charge is 2.27. The van der Waals surface area contributed by atoms with Gasteiger partial charge in [0.15, 0.2) is 5.65 Å². The number of piperidine rings is 1. The lowest BCUT2D eigenvalue weighted by atomic mass is 9.95. The van der Waals surface area contributed by atoms with Crippen LogP contribution < -0.4 is 11.1 Å². The fraction of sp³-hybridized carbons (Fsp3) is 0.455. The summed E-state index contributed by atoms with van der Waals surface area (Å²) in [5.41, 5.74) is 8.06. The number of hydrogen-bond acceptors (Lipinski definition) is 6. The summed E-state index contributed by atoms with van der Waals surface area (Å²) in [5, 5.41) is 12.2. The molecular weight excluding hydrogens is 412 g/mol. The molecule has 162 valence electrons. The Morgan fingerprint density at radius 3 is 2.77 bits per heavy atom. The number of hydrogen-bond donors (Lipinski definition) is 2. The first kappa shape index (κ1) is 20.1. The summed E-state index contributed by atoms with van der Waals surface area (Å²) in [7, 11) is 0. The van der Waals surface area contributed by atoms with Gasteiger partial charge in [0.1, 0.15) is 10.8 Å². The highest BCUT2D eigenvalue weighted by Crippen LogP contribution is 2.38. The Kier molecular flexibility index (Phi) is 5.45. The number of carbonyl (C=O) groups is 2. The van der Waals surface area contributed by atoms with Gasteiger partial charge in [0.25, 0.3) is 5.91 Å². The van der Waals surface area contributed by atoms with Crippen LogP contribution in [-0.2, 0) is 17.6 Å². The zero-order valence-electron chi connectivity index (χ0n) is 17.3. The summed E-state index contributed by atoms with van der Waals surface area (Å²) in [6, 6.07) is 5.91. The van der Waals surface area contributed by atoms with Crippen LogP contribution in [0.1, 0.15) is 58.2 Å². The van der Waals surface area contributed by atoms with E-state index in [-0.39, 0.29) is 5.91 Å². The number of aryl methyl sites for hydroxylation is 1. The number of carbonyl (C=O) groups excluding carboxylic acids is 2. The van der Waals surface area contributed by atoms with E-state index in [1.165, 1.54) is 16.2 Å². The monoisotopic (exact) mass is 438 g/mol. The first-order valence-corrected chi connectivity index (χ1v) is 11.7. The molecule has 3 aromatic rings. The number of aromatic nitrogens is 3. The molecule has 1 saturated heterocycles. The van der Waals surface area contributed by atoms with Gasteiger partial charge >= 0.3 is 0 Å². The number of thiophene rings is 1. The highest BCUT2D eigenvalue weighted by molar-refractivity contribution is 7.17. The second-order valence-corrected chi connectivity index (χ2v) is 9.47. The van der Waals surface area contributed by atoms with Gasteiger partial charge in [-0.3, -0.25) is 18.9 Å². The molecule has 1 aliphatic heterocycles. The first-order valence-electron chi connectivity index (χ1n) is 10.9. The minimum atomic E-state index is -0.448. The molecule has 2 amide bonds. The predicted molar refractivity (Wildman–Crippen MR) is 120 cm³/mol. The second-order valence-electron chi connectivity index (χ2n) is 8.36. The van der Waals surface area contributed by atoms with Gasteiger partial charge in [0.05, 0.1) is 12.1 Å². The van der Waals surface area contributed by atoms with Crippen LogP contribution in [0.15, 0.2) is 24.4 Å². The van der Waals surface area contributed by atoms with Crippen LogP contribution in [0.5, 0.6) is 0 Å². The van der Waals surface area contributed by atoms with Crippen molar-refractivity contribution in [3.05, 3.63) is 46.2 Å². The maximum absolute atomic E-state index is 12.7. The first-order chi connectivity index (χ1) is 15.1. The molecule has 3 N–H and O–H groups in total. The second kappa shape index (κ2) is 8.39. The zero-order valence-corrected chi connectivity index (χ0v) is 18.2. The lowest BCUT2D eigenvalue weighted by Gasteiger charge is -2.30. The molecule has 0 saturated carbocycles. The van der Waals surface area contributed by atoms with E-state index >= 15 is 0 Å². The van der Waals surface area contributed by atoms with E-state index in [4.69, 9.17) is 5.73 Å². The number of fused-ring (bicyclic) bond motifs is 2. The molecule has 2 aliphatic rings. The van der Waals surface area contributed by atoms with E-state index in [9.17, 15) is 9.59 Å². The zero-order chi connectivity index (χ0) is 21.4. The SMILES string of the molecule is NC(=O)c1c(NC(=O)CN2CCC(c3nnc4ccccn34)CC2)sc2c1CCCC2. The molecule has 9 heteroatoms. The molecule has 0 bridgehead atoms. The summed E-state index contributed by atoms with van der Waals surface area (Å²) in [5.74, 6) is 0.792. The van der Waals surface area contributed by atoms with E-state index in [0.29, 0.717) is 23.0 Å². The molecule has 4 heterocycles. The number of nitrogens with two attached hydrogens (primary N) is 1. The molecular formula is C22H26N6O2S. The van der Waals surface area contributed by atoms with E-state index in [0.717, 1.165) is 68.6 Å². The van der Waals surface area contributed by atoms with Crippen molar-refractivity contribution in [1.29, 1.82) is 0 Å². The number of primary amides is 1. The predicted octanol–water partition coefficient (Wildman–Crippen LogP) is 2.59. The molecule has 8 nitrogen and oxygen atoms in total. The number of pyridine rings is 1. The number of amides is 2. The fourth-order valence-corrected chi connectivity index (χ4v) is 6.08. The van der Waals surface area contributed by atoms with Crippen LogP contribution in [0.4, 0.5) is 5.00 Å². The van der Waals surface area contributed by atoms with Crippen LogP contribution in [-0.4, -0.2) is 50.9 Å². The molecule has 0 radical (unpaired) electrons. The molecule has 0 spiro atoms. The van der Waals surface area contributed by atoms with Gasteiger partial charge in [-0.2, -0.15) is 0 Å². The van der Waals surface area contributed by atoms with E-state index in [1.54, 1.807) is 0 Å². The Morgan fingerprint density at radius 1 is 1.16 bits per heavy atom. The van der Waals surface area contributed by atoms with Crippen molar-refractivity contribution in [3.8, 4) is 0 Å². The van der Waals surface area contributed by atoms with Crippen LogP contribution >= 0.6 is 11.3 Å². The lowest BCUT2D eigenvalue weighted by molar-refractivity contribution is -0.117. The van der Waals surface area contributed by atoms with Crippen molar-refractivity contribution in [2.45, 2.75) is 44.4 Å². The van der Waals surface area contributed by atoms with Crippen LogP contribution in [0, 0.1) is 0 Å². The smallest absolute Gasteiger partial charge is 0.251 e. The van der Waals surface area contributed by atoms with E-state index in [1.807, 2.05) is 24.4 Å². The third-order valence-electron chi connectivity index (χ3n) is 6.33. The fourth-order valence-electron chi connectivity index (χ4n) is 4.77. The Hall–Kier alpha value is -2.78. The molecule has 1 fully saturated rings. The quantitative estimate of drug-likeness (QED) is 0.637. The van der Waals surface area contributed by atoms with E-state index < -0.39 is 5.91 Å². The van der Waals surface area contributed by atoms with Gasteiger partial charge in [-0.25, -0.2) is 0 Å². The Morgan fingerprint density at radius 2 is 1.97 bits per heavy atom. The van der Waals surface area contributed by atoms with Crippen molar-refractivity contribution >= 4 is 33.8 Å². The number of anilines is 1. The third-order valence-corrected chi connectivity index (χ3v) is 7.54. The van der Waals surface area contributed by atoms with Gasteiger partial charge in [-0.05, 0) is 69.3 Å². The van der Waals surface area contributed by atoms with Gasteiger partial charge in [-0.1, -0.05) is 6.07 Å². The van der Waals surface area contributed by atoms with Gasteiger partial charge in [0, 0.05) is 17.0 Å². The maximum atomic E-state index is 12.7. The highest BCUT2D eigenvalue weighted by atomic mass is 32.1. The van der Waals surface area contributed by atoms with Gasteiger partial charge in [-0.15, -0.1) is 21.5 Å². The summed E-state index contributed by atoms with van der Waals surface area (Å²) >= 11 is 1.51. The van der Waals surface area contributed by atoms with Crippen LogP contribution in [0.25, 0.3) is 5.65 Å². The molecule has 5 rings (SSSR count). The minimum absolute atomic E-state index is 0.0903. The van der Waals surface area contributed by atoms with Crippen molar-refractivity contribution in [2.75, 3.05) is 25.0 Å². The van der Waals surface area contributed by atoms with Crippen molar-refractivity contribution in [2.24, 2.45) is 5.73 Å². The summed E-state index contributed by atoms with van der Waals surface area (Å²) in [6.07, 6.45) is 7.88. The number of likely N-dealkylation sites (tertiary alicyclic amines) is 1. The lowest BCUT2D eigenvalue weighted by Crippen LogP contribution is -2.39. The largest absolute Gasteiger partial charge is 0.365 e. The minimum Gasteiger partial charge on any atom is -0.365 e. The average molecular weight is 439 g/mol. The van der Waals surface area contributed by atoms with Gasteiger partial charge in [0.2, 0.25) is 5.91 Å². The number of nitrogens with zero attached hydrogens (tertiary/aromatic N) is 4. The third kappa shape index (κ3) is 3.95. The van der Waals surface area contributed by atoms with Crippen molar-refractivity contribution in [3.63, 3.8) is 0 Å². The Balaban J connectivity index is 1.21. The van der Waals surface area contributed by atoms with Crippen molar-refractivity contribution in [1.82, 2.24) is 19.5 Å². The summed E-state index contributed by atoms with van der Waals surface area (Å²) in [4.78, 5) is 28.1. The summed E-state index contributed by atoms with van der Waals surface area (Å²) in [6.45, 7) is 1.96. The van der Waals surface area contributed by atoms with Gasteiger partial charge < -0.3 is 11.1 Å². The summed E-state index contributed by atoms with van der Waals surface area (Å²) < 4.78 is 2.05. The molecule has 1 aliphatic carbocycles. The topological polar surface area (TPSA) is 106 Å². The molecule has 0 unspecified atom stereocenters. The Labute approximate surface area is 184 Å². The van der Waals surface area contributed by atoms with Crippen molar-refractivity contribution < 1.29 is 9.59 Å². The maximum Gasteiger partial charge on any atom is 0.251 e. The normalized spacial score (nSPS) is 17.5. The molecule has 31 heavy (non-hydrogen) atoms. The Bertz CT molecular complexity index is 1130. The average Bonchev–Trinajstić information content (AvgIpc) is 3.35. The number of rotatable bonds is 5. The standard InChI is InChI=1S/C22H26N6O2S/c23-20(30)19-15-5-1-2-6-16(15)31-22(19)24-18(29)13-27-11-8-14(9-12-27)21-26-25-17-7-3-4-10-28(17)21/h3-4,7,10,14H,1-2,5-6,8-9,11-13H2,(H2,23,30)(H,24,29). The molecule has 0 aromatic carbocycles.